The first-order chi connectivity index (χ1) is 8.92. The summed E-state index contributed by atoms with van der Waals surface area (Å²) in [6, 6.07) is 7.17. The predicted molar refractivity (Wildman–Crippen MR) is 76.2 cm³/mol. The van der Waals surface area contributed by atoms with E-state index in [0.717, 1.165) is 18.4 Å². The Kier molecular flexibility index (Phi) is 5.40. The summed E-state index contributed by atoms with van der Waals surface area (Å²) in [6.07, 6.45) is 1.50. The van der Waals surface area contributed by atoms with Crippen LogP contribution in [-0.4, -0.2) is 17.7 Å². The standard InChI is InChI=1S/C16H24O3/c1-5-16(4,15(18)19-6-2)11-12(3)13-7-9-14(17)10-8-13/h7-10,12,17H,5-6,11H2,1-4H3. The number of rotatable bonds is 6. The summed E-state index contributed by atoms with van der Waals surface area (Å²) in [5.41, 5.74) is 0.676. The first-order valence-electron chi connectivity index (χ1n) is 6.89. The Balaban J connectivity index is 2.80. The van der Waals surface area contributed by atoms with Crippen molar-refractivity contribution in [2.24, 2.45) is 5.41 Å². The van der Waals surface area contributed by atoms with Gasteiger partial charge in [-0.15, -0.1) is 0 Å². The number of benzene rings is 1. The van der Waals surface area contributed by atoms with Crippen LogP contribution in [0.2, 0.25) is 0 Å². The molecule has 0 aromatic heterocycles. The molecule has 1 aromatic carbocycles. The van der Waals surface area contributed by atoms with Crippen LogP contribution in [0, 0.1) is 5.41 Å². The van der Waals surface area contributed by atoms with Gasteiger partial charge in [0.25, 0.3) is 0 Å². The number of hydrogen-bond donors (Lipinski definition) is 1. The van der Waals surface area contributed by atoms with Crippen LogP contribution in [-0.2, 0) is 9.53 Å². The Hall–Kier alpha value is -1.51. The zero-order valence-electron chi connectivity index (χ0n) is 12.3. The number of phenols is 1. The third-order valence-corrected chi connectivity index (χ3v) is 3.77. The fourth-order valence-electron chi connectivity index (χ4n) is 2.27. The molecule has 0 saturated carbocycles. The molecule has 0 aliphatic rings. The maximum Gasteiger partial charge on any atom is 0.311 e. The quantitative estimate of drug-likeness (QED) is 0.793. The monoisotopic (exact) mass is 264 g/mol. The van der Waals surface area contributed by atoms with Crippen molar-refractivity contribution in [2.75, 3.05) is 6.61 Å². The van der Waals surface area contributed by atoms with Gasteiger partial charge in [0.05, 0.1) is 12.0 Å². The summed E-state index contributed by atoms with van der Waals surface area (Å²) >= 11 is 0. The second-order valence-corrected chi connectivity index (χ2v) is 5.33. The maximum absolute atomic E-state index is 12.1. The molecule has 1 N–H and O–H groups in total. The Morgan fingerprint density at radius 2 is 1.89 bits per heavy atom. The predicted octanol–water partition coefficient (Wildman–Crippen LogP) is 3.87. The van der Waals surface area contributed by atoms with Crippen molar-refractivity contribution in [3.8, 4) is 5.75 Å². The van der Waals surface area contributed by atoms with Gasteiger partial charge in [-0.3, -0.25) is 4.79 Å². The zero-order valence-corrected chi connectivity index (χ0v) is 12.3. The Morgan fingerprint density at radius 1 is 1.32 bits per heavy atom. The van der Waals surface area contributed by atoms with Crippen molar-refractivity contribution < 1.29 is 14.6 Å². The molecule has 0 heterocycles. The summed E-state index contributed by atoms with van der Waals surface area (Å²) in [5.74, 6) is 0.387. The highest BCUT2D eigenvalue weighted by Gasteiger charge is 2.34. The Bertz CT molecular complexity index is 411. The number of carbonyl (C=O) groups excluding carboxylic acids is 1. The lowest BCUT2D eigenvalue weighted by Gasteiger charge is -2.29. The fourth-order valence-corrected chi connectivity index (χ4v) is 2.27. The molecular formula is C16H24O3. The van der Waals surface area contributed by atoms with Crippen LogP contribution < -0.4 is 0 Å². The lowest BCUT2D eigenvalue weighted by Crippen LogP contribution is -2.30. The number of esters is 1. The molecular weight excluding hydrogens is 240 g/mol. The van der Waals surface area contributed by atoms with E-state index in [2.05, 4.69) is 6.92 Å². The van der Waals surface area contributed by atoms with Gasteiger partial charge < -0.3 is 9.84 Å². The van der Waals surface area contributed by atoms with E-state index in [-0.39, 0.29) is 17.6 Å². The number of ether oxygens (including phenoxy) is 1. The Labute approximate surface area is 115 Å². The summed E-state index contributed by atoms with van der Waals surface area (Å²) < 4.78 is 5.17. The van der Waals surface area contributed by atoms with Gasteiger partial charge in [-0.05, 0) is 50.3 Å². The van der Waals surface area contributed by atoms with E-state index in [1.807, 2.05) is 32.9 Å². The van der Waals surface area contributed by atoms with Gasteiger partial charge >= 0.3 is 5.97 Å². The second kappa shape index (κ2) is 6.60. The lowest BCUT2D eigenvalue weighted by atomic mass is 9.77. The minimum absolute atomic E-state index is 0.122. The number of aromatic hydroxyl groups is 1. The normalized spacial score (nSPS) is 15.6. The molecule has 19 heavy (non-hydrogen) atoms. The SMILES string of the molecule is CCOC(=O)C(C)(CC)CC(C)c1ccc(O)cc1. The first-order valence-corrected chi connectivity index (χ1v) is 6.89. The average Bonchev–Trinajstić information content (AvgIpc) is 2.39. The van der Waals surface area contributed by atoms with Crippen molar-refractivity contribution in [2.45, 2.75) is 46.5 Å². The van der Waals surface area contributed by atoms with Gasteiger partial charge in [-0.1, -0.05) is 26.0 Å². The number of phenolic OH excluding ortho intramolecular Hbond substituents is 1. The number of carbonyl (C=O) groups is 1. The molecule has 0 aliphatic heterocycles. The van der Waals surface area contributed by atoms with Gasteiger partial charge in [-0.2, -0.15) is 0 Å². The van der Waals surface area contributed by atoms with Crippen LogP contribution in [0.4, 0.5) is 0 Å². The van der Waals surface area contributed by atoms with Gasteiger partial charge in [0.2, 0.25) is 0 Å². The largest absolute Gasteiger partial charge is 0.508 e. The smallest absolute Gasteiger partial charge is 0.311 e. The van der Waals surface area contributed by atoms with Crippen LogP contribution in [0.15, 0.2) is 24.3 Å². The molecule has 0 aliphatic carbocycles. The van der Waals surface area contributed by atoms with Crippen LogP contribution in [0.5, 0.6) is 5.75 Å². The van der Waals surface area contributed by atoms with Crippen molar-refractivity contribution in [1.82, 2.24) is 0 Å². The van der Waals surface area contributed by atoms with Gasteiger partial charge in [0.1, 0.15) is 5.75 Å². The number of hydrogen-bond acceptors (Lipinski definition) is 3. The van der Waals surface area contributed by atoms with Crippen LogP contribution in [0.3, 0.4) is 0 Å². The second-order valence-electron chi connectivity index (χ2n) is 5.33. The highest BCUT2D eigenvalue weighted by Crippen LogP contribution is 2.36. The zero-order chi connectivity index (χ0) is 14.5. The summed E-state index contributed by atoms with van der Waals surface area (Å²) in [5, 5.41) is 9.30. The van der Waals surface area contributed by atoms with E-state index in [0.29, 0.717) is 6.61 Å². The topological polar surface area (TPSA) is 46.5 Å². The van der Waals surface area contributed by atoms with Crippen molar-refractivity contribution in [3.05, 3.63) is 29.8 Å². The average molecular weight is 264 g/mol. The first kappa shape index (κ1) is 15.5. The highest BCUT2D eigenvalue weighted by atomic mass is 16.5. The van der Waals surface area contributed by atoms with E-state index in [1.54, 1.807) is 12.1 Å². The van der Waals surface area contributed by atoms with Crippen molar-refractivity contribution in [3.63, 3.8) is 0 Å². The summed E-state index contributed by atoms with van der Waals surface area (Å²) in [6.45, 7) is 8.32. The molecule has 3 nitrogen and oxygen atoms in total. The van der Waals surface area contributed by atoms with E-state index in [1.165, 1.54) is 0 Å². The summed E-state index contributed by atoms with van der Waals surface area (Å²) in [7, 11) is 0. The molecule has 0 fully saturated rings. The van der Waals surface area contributed by atoms with E-state index in [4.69, 9.17) is 4.74 Å². The molecule has 0 bridgehead atoms. The molecule has 1 aromatic rings. The fraction of sp³-hybridized carbons (Fsp3) is 0.562. The molecule has 0 saturated heterocycles. The van der Waals surface area contributed by atoms with E-state index >= 15 is 0 Å². The van der Waals surface area contributed by atoms with Crippen LogP contribution in [0.25, 0.3) is 0 Å². The van der Waals surface area contributed by atoms with Crippen LogP contribution in [0.1, 0.15) is 52.0 Å². The maximum atomic E-state index is 12.1. The molecule has 0 radical (unpaired) electrons. The molecule has 106 valence electrons. The molecule has 0 amide bonds. The van der Waals surface area contributed by atoms with Crippen LogP contribution >= 0.6 is 0 Å². The minimum Gasteiger partial charge on any atom is -0.508 e. The summed E-state index contributed by atoms with van der Waals surface area (Å²) in [4.78, 5) is 12.1. The molecule has 2 atom stereocenters. The van der Waals surface area contributed by atoms with Gasteiger partial charge in [-0.25, -0.2) is 0 Å². The molecule has 2 unspecified atom stereocenters. The molecule has 0 spiro atoms. The third-order valence-electron chi connectivity index (χ3n) is 3.77. The van der Waals surface area contributed by atoms with Crippen molar-refractivity contribution in [1.29, 1.82) is 0 Å². The van der Waals surface area contributed by atoms with Gasteiger partial charge in [0.15, 0.2) is 0 Å². The third kappa shape index (κ3) is 3.98. The van der Waals surface area contributed by atoms with Crippen molar-refractivity contribution >= 4 is 5.97 Å². The minimum atomic E-state index is -0.451. The van der Waals surface area contributed by atoms with E-state index < -0.39 is 5.41 Å². The molecule has 1 rings (SSSR count). The lowest BCUT2D eigenvalue weighted by molar-refractivity contribution is -0.155. The molecule has 3 heteroatoms. The van der Waals surface area contributed by atoms with E-state index in [9.17, 15) is 9.90 Å². The highest BCUT2D eigenvalue weighted by molar-refractivity contribution is 5.76. The van der Waals surface area contributed by atoms with Gasteiger partial charge in [0, 0.05) is 0 Å². The Morgan fingerprint density at radius 3 is 2.37 bits per heavy atom.